The molecular formula is C57H74N14O5. The second kappa shape index (κ2) is 21.8. The number of morpholine rings is 1. The van der Waals surface area contributed by atoms with Crippen molar-refractivity contribution in [1.82, 2.24) is 59.1 Å². The molecule has 2 saturated heterocycles. The van der Waals surface area contributed by atoms with Gasteiger partial charge in [0.05, 0.1) is 46.8 Å². The average Bonchev–Trinajstić information content (AvgIpc) is 4.20. The Bertz CT molecular complexity index is 3470. The first-order chi connectivity index (χ1) is 36.0. The zero-order valence-electron chi connectivity index (χ0n) is 43.5. The third kappa shape index (κ3) is 9.93. The quantitative estimate of drug-likeness (QED) is 0.128. The summed E-state index contributed by atoms with van der Waals surface area (Å²) in [6, 6.07) is 6.42. The molecule has 5 aliphatic rings. The number of rotatable bonds is 11. The van der Waals surface area contributed by atoms with Gasteiger partial charge in [0.25, 0.3) is 0 Å². The van der Waals surface area contributed by atoms with Crippen molar-refractivity contribution in [2.75, 3.05) is 49.2 Å². The van der Waals surface area contributed by atoms with Gasteiger partial charge in [-0.1, -0.05) is 49.6 Å². The number of hydrogen-bond acceptors (Lipinski definition) is 15. The van der Waals surface area contributed by atoms with E-state index in [9.17, 15) is 4.79 Å². The fraction of sp³-hybridized carbons (Fsp3) is 0.526. The first-order valence-electron chi connectivity index (χ1n) is 26.7. The molecule has 2 aliphatic heterocycles. The SMILES string of the molecule is C.C.Cc1noc(C)c1-c1cnc2[nH]c(=O)n(CC3CCC3)c2c1.Cc1noc(C)c1-c1cnc2nc(N3CCC3)n(CC3CCC3)c2c1.Cc1noc(C)c1-c1cnc2nc(N3CCOCC3)n(CC3CCC3)c2c1. The smallest absolute Gasteiger partial charge is 0.327 e. The second-order valence-electron chi connectivity index (χ2n) is 21.2. The molecule has 0 aromatic carbocycles. The number of aromatic amines is 1. The molecule has 0 amide bonds. The topological polar surface area (TPSA) is 206 Å². The van der Waals surface area contributed by atoms with Crippen LogP contribution >= 0.6 is 0 Å². The van der Waals surface area contributed by atoms with Crippen molar-refractivity contribution in [3.63, 3.8) is 0 Å². The van der Waals surface area contributed by atoms with Crippen LogP contribution in [0.25, 0.3) is 66.9 Å². The average molecular weight is 1040 g/mol. The summed E-state index contributed by atoms with van der Waals surface area (Å²) in [7, 11) is 0. The van der Waals surface area contributed by atoms with Crippen LogP contribution in [0.2, 0.25) is 0 Å². The predicted octanol–water partition coefficient (Wildman–Crippen LogP) is 11.1. The Balaban J connectivity index is 0.000000129. The summed E-state index contributed by atoms with van der Waals surface area (Å²) in [5.41, 5.74) is 14.0. The van der Waals surface area contributed by atoms with Crippen molar-refractivity contribution < 1.29 is 18.3 Å². The third-order valence-electron chi connectivity index (χ3n) is 16.2. The molecule has 0 spiro atoms. The summed E-state index contributed by atoms with van der Waals surface area (Å²) in [6.45, 7) is 20.0. The fourth-order valence-electron chi connectivity index (χ4n) is 11.2. The number of aromatic nitrogens is 12. The summed E-state index contributed by atoms with van der Waals surface area (Å²) in [5.74, 6) is 6.69. The molecule has 11 heterocycles. The van der Waals surface area contributed by atoms with Crippen LogP contribution in [0.15, 0.2) is 55.2 Å². The molecule has 0 bridgehead atoms. The minimum absolute atomic E-state index is 0. The van der Waals surface area contributed by atoms with E-state index in [1.807, 2.05) is 64.6 Å². The lowest BCUT2D eigenvalue weighted by Crippen LogP contribution is -2.39. The predicted molar refractivity (Wildman–Crippen MR) is 296 cm³/mol. The number of hydrogen-bond donors (Lipinski definition) is 1. The molecule has 0 radical (unpaired) electrons. The van der Waals surface area contributed by atoms with E-state index < -0.39 is 0 Å². The van der Waals surface area contributed by atoms with Gasteiger partial charge in [-0.2, -0.15) is 9.97 Å². The Morgan fingerprint density at radius 3 is 1.28 bits per heavy atom. The van der Waals surface area contributed by atoms with E-state index in [4.69, 9.17) is 28.3 Å². The summed E-state index contributed by atoms with van der Waals surface area (Å²) >= 11 is 0. The normalized spacial score (nSPS) is 16.8. The van der Waals surface area contributed by atoms with Crippen LogP contribution in [0.4, 0.5) is 11.9 Å². The monoisotopic (exact) mass is 1030 g/mol. The van der Waals surface area contributed by atoms with Gasteiger partial charge < -0.3 is 37.2 Å². The molecule has 0 atom stereocenters. The molecule has 5 fully saturated rings. The molecule has 3 aliphatic carbocycles. The van der Waals surface area contributed by atoms with Crippen molar-refractivity contribution in [3.8, 4) is 33.4 Å². The molecule has 3 saturated carbocycles. The Hall–Kier alpha value is -7.15. The molecule has 19 nitrogen and oxygen atoms in total. The van der Waals surface area contributed by atoms with E-state index in [0.717, 1.165) is 178 Å². The maximum Gasteiger partial charge on any atom is 0.327 e. The number of H-pyrrole nitrogens is 1. The molecule has 19 heteroatoms. The van der Waals surface area contributed by atoms with Crippen molar-refractivity contribution in [3.05, 3.63) is 81.6 Å². The van der Waals surface area contributed by atoms with Gasteiger partial charge in [0.1, 0.15) is 17.3 Å². The third-order valence-corrected chi connectivity index (χ3v) is 16.2. The fourth-order valence-corrected chi connectivity index (χ4v) is 11.2. The number of fused-ring (bicyclic) bond motifs is 3. The number of ether oxygens (including phenoxy) is 1. The molecule has 1 N–H and O–H groups in total. The molecule has 14 rings (SSSR count). The number of nitrogens with one attached hydrogen (secondary N) is 1. The van der Waals surface area contributed by atoms with Crippen LogP contribution in [0, 0.1) is 59.3 Å². The van der Waals surface area contributed by atoms with Crippen molar-refractivity contribution in [2.24, 2.45) is 17.8 Å². The van der Waals surface area contributed by atoms with Crippen LogP contribution in [0.1, 0.15) is 113 Å². The molecule has 0 unspecified atom stereocenters. The highest BCUT2D eigenvalue weighted by Crippen LogP contribution is 2.37. The van der Waals surface area contributed by atoms with E-state index in [2.05, 4.69) is 66.5 Å². The van der Waals surface area contributed by atoms with E-state index in [-0.39, 0.29) is 20.5 Å². The van der Waals surface area contributed by atoms with Crippen LogP contribution in [0.5, 0.6) is 0 Å². The van der Waals surface area contributed by atoms with Gasteiger partial charge in [-0.05, 0) is 122 Å². The van der Waals surface area contributed by atoms with Gasteiger partial charge >= 0.3 is 5.69 Å². The highest BCUT2D eigenvalue weighted by molar-refractivity contribution is 5.84. The molecule has 9 aromatic rings. The van der Waals surface area contributed by atoms with Gasteiger partial charge in [-0.25, -0.2) is 19.7 Å². The largest absolute Gasteiger partial charge is 0.378 e. The number of pyridine rings is 3. The first kappa shape index (κ1) is 52.3. The van der Waals surface area contributed by atoms with E-state index in [0.29, 0.717) is 11.6 Å². The van der Waals surface area contributed by atoms with Crippen LogP contribution in [-0.2, 0) is 24.4 Å². The summed E-state index contributed by atoms with van der Waals surface area (Å²) in [6.07, 6.45) is 18.4. The molecule has 9 aromatic heterocycles. The Morgan fingerprint density at radius 1 is 0.513 bits per heavy atom. The number of anilines is 2. The van der Waals surface area contributed by atoms with Crippen LogP contribution in [0.3, 0.4) is 0 Å². The van der Waals surface area contributed by atoms with E-state index in [1.54, 1.807) is 6.20 Å². The zero-order chi connectivity index (χ0) is 50.6. The summed E-state index contributed by atoms with van der Waals surface area (Å²) < 4.78 is 28.1. The van der Waals surface area contributed by atoms with E-state index in [1.165, 1.54) is 64.2 Å². The van der Waals surface area contributed by atoms with Gasteiger partial charge in [-0.15, -0.1) is 0 Å². The van der Waals surface area contributed by atoms with Gasteiger partial charge in [0.15, 0.2) is 16.9 Å². The number of imidazole rings is 3. The Morgan fingerprint density at radius 2 is 0.908 bits per heavy atom. The van der Waals surface area contributed by atoms with Crippen LogP contribution < -0.4 is 15.5 Å². The van der Waals surface area contributed by atoms with Gasteiger partial charge in [0.2, 0.25) is 11.9 Å². The molecule has 402 valence electrons. The second-order valence-corrected chi connectivity index (χ2v) is 21.2. The van der Waals surface area contributed by atoms with Crippen molar-refractivity contribution in [2.45, 2.75) is 140 Å². The molecular weight excluding hydrogens is 961 g/mol. The lowest BCUT2D eigenvalue weighted by molar-refractivity contribution is 0.121. The van der Waals surface area contributed by atoms with Gasteiger partial charge in [-0.3, -0.25) is 9.55 Å². The van der Waals surface area contributed by atoms with Gasteiger partial charge in [0, 0.05) is 97.8 Å². The number of nitrogens with zero attached hydrogens (tertiary/aromatic N) is 13. The molecule has 76 heavy (non-hydrogen) atoms. The minimum Gasteiger partial charge on any atom is -0.378 e. The summed E-state index contributed by atoms with van der Waals surface area (Å²) in [5, 5.41) is 12.2. The maximum absolute atomic E-state index is 12.2. The van der Waals surface area contributed by atoms with E-state index >= 15 is 0 Å². The standard InChI is InChI=1S/C20H25N5O2.C19H23N5O.C16H18N4O2.2CH4/c1-13-18(14(2)27-23-13)16-10-17-19(21-11-16)22-20(24-6-8-26-9-7-24)25(17)12-15-4-3-5-15;1-12-17(13(2)25-22-12)15-9-16-18(20-10-15)21-19(23-7-4-8-23)24(16)11-14-5-3-6-14;1-9-14(10(2)22-19-9)12-6-13-15(17-7-12)18-16(21)20(13)8-11-4-3-5-11;;/h10-11,15H,3-9,12H2,1-2H3;9-10,14H,3-8,11H2,1-2H3;6-7,11H,3-5,8H2,1-2H3,(H,17,18,21);2*1H4. The lowest BCUT2D eigenvalue weighted by atomic mass is 9.85. The first-order valence-corrected chi connectivity index (χ1v) is 26.7. The van der Waals surface area contributed by atoms with Crippen molar-refractivity contribution in [1.29, 1.82) is 0 Å². The highest BCUT2D eigenvalue weighted by atomic mass is 16.5. The minimum atomic E-state index is -0.0784. The van der Waals surface area contributed by atoms with Crippen LogP contribution in [-0.4, -0.2) is 98.5 Å². The number of aryl methyl sites for hydroxylation is 6. The van der Waals surface area contributed by atoms with Crippen molar-refractivity contribution >= 4 is 45.4 Å². The maximum atomic E-state index is 12.2. The summed E-state index contributed by atoms with van der Waals surface area (Å²) in [4.78, 5) is 43.2. The Labute approximate surface area is 443 Å². The Kier molecular flexibility index (Phi) is 15.0. The lowest BCUT2D eigenvalue weighted by Gasteiger charge is -2.34. The zero-order valence-corrected chi connectivity index (χ0v) is 43.5. The highest BCUT2D eigenvalue weighted by Gasteiger charge is 2.29.